The van der Waals surface area contributed by atoms with Crippen molar-refractivity contribution >= 4 is 6.08 Å². The SMILES string of the molecule is Cc1cc2c(cn1)C=CC(C)C2. The average molecular weight is 159 g/mol. The van der Waals surface area contributed by atoms with Crippen LogP contribution >= 0.6 is 0 Å². The van der Waals surface area contributed by atoms with Gasteiger partial charge in [-0.3, -0.25) is 4.98 Å². The van der Waals surface area contributed by atoms with Crippen molar-refractivity contribution in [1.29, 1.82) is 0 Å². The van der Waals surface area contributed by atoms with Crippen LogP contribution in [0.25, 0.3) is 6.08 Å². The first kappa shape index (κ1) is 7.53. The molecule has 0 aliphatic heterocycles. The fourth-order valence-electron chi connectivity index (χ4n) is 1.64. The number of allylic oxidation sites excluding steroid dienone is 1. The standard InChI is InChI=1S/C11H13N/c1-8-3-4-10-7-12-9(2)6-11(10)5-8/h3-4,6-8H,5H2,1-2H3. The summed E-state index contributed by atoms with van der Waals surface area (Å²) < 4.78 is 0. The highest BCUT2D eigenvalue weighted by molar-refractivity contribution is 5.55. The van der Waals surface area contributed by atoms with Crippen LogP contribution in [-0.2, 0) is 6.42 Å². The molecule has 0 saturated heterocycles. The van der Waals surface area contributed by atoms with E-state index in [2.05, 4.69) is 30.1 Å². The van der Waals surface area contributed by atoms with Gasteiger partial charge in [-0.05, 0) is 36.5 Å². The van der Waals surface area contributed by atoms with E-state index in [9.17, 15) is 0 Å². The van der Waals surface area contributed by atoms with Crippen molar-refractivity contribution in [2.24, 2.45) is 5.92 Å². The lowest BCUT2D eigenvalue weighted by Crippen LogP contribution is -2.04. The first-order valence-electron chi connectivity index (χ1n) is 4.39. The molecule has 0 fully saturated rings. The molecular weight excluding hydrogens is 146 g/mol. The van der Waals surface area contributed by atoms with E-state index in [0.29, 0.717) is 5.92 Å². The fourth-order valence-corrected chi connectivity index (χ4v) is 1.64. The van der Waals surface area contributed by atoms with Crippen LogP contribution in [0, 0.1) is 12.8 Å². The number of rotatable bonds is 0. The Kier molecular flexibility index (Phi) is 1.72. The Morgan fingerprint density at radius 1 is 1.50 bits per heavy atom. The zero-order valence-corrected chi connectivity index (χ0v) is 7.54. The van der Waals surface area contributed by atoms with Gasteiger partial charge in [0, 0.05) is 11.9 Å². The van der Waals surface area contributed by atoms with Gasteiger partial charge in [-0.15, -0.1) is 0 Å². The molecule has 62 valence electrons. The summed E-state index contributed by atoms with van der Waals surface area (Å²) in [4.78, 5) is 4.27. The molecule has 0 N–H and O–H groups in total. The molecule has 0 bridgehead atoms. The molecule has 1 aromatic heterocycles. The minimum absolute atomic E-state index is 0.680. The minimum atomic E-state index is 0.680. The van der Waals surface area contributed by atoms with Crippen LogP contribution in [0.15, 0.2) is 18.3 Å². The van der Waals surface area contributed by atoms with Crippen LogP contribution in [0.4, 0.5) is 0 Å². The highest BCUT2D eigenvalue weighted by atomic mass is 14.7. The number of aryl methyl sites for hydroxylation is 1. The molecule has 0 radical (unpaired) electrons. The van der Waals surface area contributed by atoms with Crippen molar-refractivity contribution in [3.63, 3.8) is 0 Å². The molecule has 1 heterocycles. The lowest BCUT2D eigenvalue weighted by Gasteiger charge is -2.15. The highest BCUT2D eigenvalue weighted by Crippen LogP contribution is 2.22. The number of nitrogens with zero attached hydrogens (tertiary/aromatic N) is 1. The Balaban J connectivity index is 2.47. The van der Waals surface area contributed by atoms with Crippen LogP contribution in [0.5, 0.6) is 0 Å². The highest BCUT2D eigenvalue weighted by Gasteiger charge is 2.09. The predicted molar refractivity (Wildman–Crippen MR) is 50.9 cm³/mol. The average Bonchev–Trinajstić information content (AvgIpc) is 2.03. The van der Waals surface area contributed by atoms with Gasteiger partial charge in [0.05, 0.1) is 0 Å². The summed E-state index contributed by atoms with van der Waals surface area (Å²) in [5.74, 6) is 0.680. The van der Waals surface area contributed by atoms with Crippen LogP contribution in [0.2, 0.25) is 0 Å². The fraction of sp³-hybridized carbons (Fsp3) is 0.364. The molecular formula is C11H13N. The third-order valence-corrected chi connectivity index (χ3v) is 2.31. The van der Waals surface area contributed by atoms with Gasteiger partial charge in [0.15, 0.2) is 0 Å². The van der Waals surface area contributed by atoms with Gasteiger partial charge in [0.25, 0.3) is 0 Å². The second-order valence-electron chi connectivity index (χ2n) is 3.57. The Morgan fingerprint density at radius 2 is 2.33 bits per heavy atom. The third kappa shape index (κ3) is 1.27. The smallest absolute Gasteiger partial charge is 0.0375 e. The summed E-state index contributed by atoms with van der Waals surface area (Å²) >= 11 is 0. The maximum Gasteiger partial charge on any atom is 0.0375 e. The summed E-state index contributed by atoms with van der Waals surface area (Å²) in [6, 6.07) is 2.19. The van der Waals surface area contributed by atoms with E-state index in [-0.39, 0.29) is 0 Å². The van der Waals surface area contributed by atoms with Crippen LogP contribution in [0.3, 0.4) is 0 Å². The number of hydrogen-bond donors (Lipinski definition) is 0. The first-order chi connectivity index (χ1) is 5.75. The number of hydrogen-bond acceptors (Lipinski definition) is 1. The van der Waals surface area contributed by atoms with E-state index in [1.54, 1.807) is 0 Å². The van der Waals surface area contributed by atoms with Crippen LogP contribution < -0.4 is 0 Å². The molecule has 0 amide bonds. The molecule has 0 aromatic carbocycles. The minimum Gasteiger partial charge on any atom is -0.261 e. The zero-order chi connectivity index (χ0) is 8.55. The molecule has 0 spiro atoms. The Bertz CT molecular complexity index is 326. The van der Waals surface area contributed by atoms with Gasteiger partial charge in [0.2, 0.25) is 0 Å². The van der Waals surface area contributed by atoms with Gasteiger partial charge in [-0.2, -0.15) is 0 Å². The summed E-state index contributed by atoms with van der Waals surface area (Å²) in [6.45, 7) is 4.29. The molecule has 12 heavy (non-hydrogen) atoms. The number of pyridine rings is 1. The topological polar surface area (TPSA) is 12.9 Å². The maximum absolute atomic E-state index is 4.27. The second-order valence-corrected chi connectivity index (χ2v) is 3.57. The molecule has 1 heteroatoms. The Labute approximate surface area is 73.1 Å². The first-order valence-corrected chi connectivity index (χ1v) is 4.39. The molecule has 1 aromatic rings. The van der Waals surface area contributed by atoms with Crippen LogP contribution in [-0.4, -0.2) is 4.98 Å². The van der Waals surface area contributed by atoms with E-state index < -0.39 is 0 Å². The van der Waals surface area contributed by atoms with Gasteiger partial charge in [0.1, 0.15) is 0 Å². The summed E-state index contributed by atoms with van der Waals surface area (Å²) in [5.41, 5.74) is 3.85. The largest absolute Gasteiger partial charge is 0.261 e. The maximum atomic E-state index is 4.27. The molecule has 1 nitrogen and oxygen atoms in total. The van der Waals surface area contributed by atoms with E-state index in [0.717, 1.165) is 12.1 Å². The van der Waals surface area contributed by atoms with Crippen LogP contribution in [0.1, 0.15) is 23.7 Å². The Hall–Kier alpha value is -1.11. The van der Waals surface area contributed by atoms with Crippen molar-refractivity contribution in [3.8, 4) is 0 Å². The van der Waals surface area contributed by atoms with Crippen molar-refractivity contribution in [2.45, 2.75) is 20.3 Å². The van der Waals surface area contributed by atoms with E-state index in [4.69, 9.17) is 0 Å². The van der Waals surface area contributed by atoms with Crippen molar-refractivity contribution in [2.75, 3.05) is 0 Å². The molecule has 0 saturated carbocycles. The van der Waals surface area contributed by atoms with Crippen molar-refractivity contribution in [3.05, 3.63) is 35.2 Å². The van der Waals surface area contributed by atoms with E-state index >= 15 is 0 Å². The number of fused-ring (bicyclic) bond motifs is 1. The molecule has 1 aliphatic rings. The van der Waals surface area contributed by atoms with E-state index in [1.165, 1.54) is 11.1 Å². The third-order valence-electron chi connectivity index (χ3n) is 2.31. The summed E-state index contributed by atoms with van der Waals surface area (Å²) in [6.07, 6.45) is 7.55. The monoisotopic (exact) mass is 159 g/mol. The zero-order valence-electron chi connectivity index (χ0n) is 7.54. The second kappa shape index (κ2) is 2.74. The van der Waals surface area contributed by atoms with Gasteiger partial charge >= 0.3 is 0 Å². The molecule has 1 atom stereocenters. The normalized spacial score (nSPS) is 20.7. The number of aromatic nitrogens is 1. The van der Waals surface area contributed by atoms with Gasteiger partial charge in [-0.1, -0.05) is 19.1 Å². The molecule has 1 aliphatic carbocycles. The summed E-state index contributed by atoms with van der Waals surface area (Å²) in [5, 5.41) is 0. The lowest BCUT2D eigenvalue weighted by molar-refractivity contribution is 0.715. The lowest BCUT2D eigenvalue weighted by atomic mass is 9.92. The van der Waals surface area contributed by atoms with Gasteiger partial charge < -0.3 is 0 Å². The molecule has 1 unspecified atom stereocenters. The quantitative estimate of drug-likeness (QED) is 0.567. The molecule has 2 rings (SSSR count). The van der Waals surface area contributed by atoms with Crippen molar-refractivity contribution < 1.29 is 0 Å². The van der Waals surface area contributed by atoms with E-state index in [1.807, 2.05) is 13.1 Å². The van der Waals surface area contributed by atoms with Gasteiger partial charge in [-0.25, -0.2) is 0 Å². The summed E-state index contributed by atoms with van der Waals surface area (Å²) in [7, 11) is 0. The Morgan fingerprint density at radius 3 is 3.17 bits per heavy atom. The van der Waals surface area contributed by atoms with Crippen molar-refractivity contribution in [1.82, 2.24) is 4.98 Å². The predicted octanol–water partition coefficient (Wildman–Crippen LogP) is 2.60.